The number of fused-ring (bicyclic) bond motifs is 1. The average Bonchev–Trinajstić information content (AvgIpc) is 2.97. The monoisotopic (exact) mass is 420 g/mol. The van der Waals surface area contributed by atoms with Crippen LogP contribution in [0.4, 0.5) is 4.79 Å². The third-order valence-electron chi connectivity index (χ3n) is 5.66. The van der Waals surface area contributed by atoms with Gasteiger partial charge in [-0.05, 0) is 72.8 Å². The van der Waals surface area contributed by atoms with Crippen molar-refractivity contribution in [2.24, 2.45) is 0 Å². The van der Waals surface area contributed by atoms with E-state index in [9.17, 15) is 14.4 Å². The topological polar surface area (TPSA) is 57.7 Å². The first-order chi connectivity index (χ1) is 14.3. The summed E-state index contributed by atoms with van der Waals surface area (Å²) in [6.45, 7) is 6.92. The number of hydrogen-bond acceptors (Lipinski definition) is 4. The van der Waals surface area contributed by atoms with Crippen molar-refractivity contribution in [3.8, 4) is 0 Å². The number of hydrogen-bond donors (Lipinski definition) is 0. The summed E-state index contributed by atoms with van der Waals surface area (Å²) in [7, 11) is 0. The second kappa shape index (κ2) is 8.11. The van der Waals surface area contributed by atoms with Crippen LogP contribution in [0.5, 0.6) is 0 Å². The molecule has 0 aromatic heterocycles. The minimum absolute atomic E-state index is 0.198. The number of nitrogens with zero attached hydrogens (tertiary/aromatic N) is 2. The lowest BCUT2D eigenvalue weighted by Crippen LogP contribution is -2.44. The smallest absolute Gasteiger partial charge is 0.294 e. The lowest BCUT2D eigenvalue weighted by molar-refractivity contribution is -0.136. The molecule has 1 fully saturated rings. The molecular formula is C24H24N2O3S. The second-order valence-electron chi connectivity index (χ2n) is 7.91. The van der Waals surface area contributed by atoms with Gasteiger partial charge in [-0.3, -0.25) is 19.3 Å². The van der Waals surface area contributed by atoms with Gasteiger partial charge in [0.15, 0.2) is 0 Å². The predicted molar refractivity (Wildman–Crippen MR) is 119 cm³/mol. The number of amides is 3. The van der Waals surface area contributed by atoms with Gasteiger partial charge >= 0.3 is 0 Å². The third kappa shape index (κ3) is 3.92. The fourth-order valence-electron chi connectivity index (χ4n) is 4.13. The van der Waals surface area contributed by atoms with Gasteiger partial charge in [0.25, 0.3) is 11.1 Å². The second-order valence-corrected chi connectivity index (χ2v) is 8.91. The molecule has 0 unspecified atom stereocenters. The summed E-state index contributed by atoms with van der Waals surface area (Å²) in [6, 6.07) is 12.2. The highest BCUT2D eigenvalue weighted by Crippen LogP contribution is 2.33. The molecule has 4 rings (SSSR count). The van der Waals surface area contributed by atoms with Gasteiger partial charge in [-0.2, -0.15) is 0 Å². The highest BCUT2D eigenvalue weighted by Gasteiger charge is 2.37. The Bertz CT molecular complexity index is 1070. The van der Waals surface area contributed by atoms with Gasteiger partial charge in [-0.15, -0.1) is 0 Å². The number of aryl methyl sites for hydroxylation is 3. The molecular weight excluding hydrogens is 396 g/mol. The van der Waals surface area contributed by atoms with E-state index in [1.807, 2.05) is 39.0 Å². The fraction of sp³-hybridized carbons (Fsp3) is 0.292. The van der Waals surface area contributed by atoms with Gasteiger partial charge in [-0.25, -0.2) is 0 Å². The van der Waals surface area contributed by atoms with Crippen molar-refractivity contribution in [3.05, 3.63) is 74.7 Å². The van der Waals surface area contributed by atoms with E-state index in [0.29, 0.717) is 18.0 Å². The van der Waals surface area contributed by atoms with E-state index < -0.39 is 5.91 Å². The lowest BCUT2D eigenvalue weighted by atomic mass is 9.99. The summed E-state index contributed by atoms with van der Waals surface area (Å²) in [5.74, 6) is -0.592. The molecule has 2 aromatic carbocycles. The van der Waals surface area contributed by atoms with Crippen molar-refractivity contribution in [2.45, 2.75) is 33.7 Å². The van der Waals surface area contributed by atoms with Crippen LogP contribution in [0.1, 0.15) is 33.4 Å². The molecule has 2 aliphatic rings. The number of carbonyl (C=O) groups excluding carboxylic acids is 3. The molecule has 30 heavy (non-hydrogen) atoms. The van der Waals surface area contributed by atoms with E-state index >= 15 is 0 Å². The zero-order chi connectivity index (χ0) is 21.4. The van der Waals surface area contributed by atoms with E-state index in [-0.39, 0.29) is 17.7 Å². The minimum atomic E-state index is -0.393. The average molecular weight is 421 g/mol. The summed E-state index contributed by atoms with van der Waals surface area (Å²) in [5.41, 5.74) is 6.59. The van der Waals surface area contributed by atoms with Crippen LogP contribution < -0.4 is 0 Å². The first-order valence-corrected chi connectivity index (χ1v) is 10.8. The van der Waals surface area contributed by atoms with Crippen molar-refractivity contribution < 1.29 is 14.4 Å². The molecule has 0 spiro atoms. The molecule has 2 aliphatic heterocycles. The Kier molecular flexibility index (Phi) is 5.52. The molecule has 154 valence electrons. The molecule has 2 aromatic rings. The van der Waals surface area contributed by atoms with Gasteiger partial charge < -0.3 is 4.90 Å². The molecule has 5 nitrogen and oxygen atoms in total. The van der Waals surface area contributed by atoms with E-state index in [1.54, 1.807) is 11.0 Å². The van der Waals surface area contributed by atoms with Gasteiger partial charge in [0.05, 0.1) is 4.91 Å². The molecule has 0 aliphatic carbocycles. The fourth-order valence-corrected chi connectivity index (χ4v) is 4.95. The Balaban J connectivity index is 1.49. The molecule has 0 N–H and O–H groups in total. The van der Waals surface area contributed by atoms with Crippen molar-refractivity contribution in [1.82, 2.24) is 9.80 Å². The molecule has 2 heterocycles. The summed E-state index contributed by atoms with van der Waals surface area (Å²) >= 11 is 0.903. The number of rotatable bonds is 3. The van der Waals surface area contributed by atoms with Crippen LogP contribution in [-0.2, 0) is 22.6 Å². The molecule has 0 radical (unpaired) electrons. The number of imide groups is 1. The maximum absolute atomic E-state index is 12.9. The van der Waals surface area contributed by atoms with Gasteiger partial charge in [0.1, 0.15) is 6.54 Å². The molecule has 0 atom stereocenters. The van der Waals surface area contributed by atoms with Gasteiger partial charge in [-0.1, -0.05) is 42.0 Å². The Morgan fingerprint density at radius 3 is 2.43 bits per heavy atom. The van der Waals surface area contributed by atoms with Crippen LogP contribution in [0.15, 0.2) is 41.3 Å². The van der Waals surface area contributed by atoms with E-state index in [1.165, 1.54) is 5.56 Å². The lowest BCUT2D eigenvalue weighted by Gasteiger charge is -2.29. The van der Waals surface area contributed by atoms with Crippen molar-refractivity contribution in [3.63, 3.8) is 0 Å². The zero-order valence-corrected chi connectivity index (χ0v) is 18.2. The van der Waals surface area contributed by atoms with Crippen LogP contribution >= 0.6 is 11.8 Å². The molecule has 0 saturated carbocycles. The molecule has 3 amide bonds. The van der Waals surface area contributed by atoms with Crippen molar-refractivity contribution in [1.29, 1.82) is 0 Å². The normalized spacial score (nSPS) is 17.6. The van der Waals surface area contributed by atoms with E-state index in [2.05, 4.69) is 18.2 Å². The van der Waals surface area contributed by atoms with Crippen LogP contribution in [0.2, 0.25) is 0 Å². The van der Waals surface area contributed by atoms with Crippen LogP contribution in [0.3, 0.4) is 0 Å². The largest absolute Gasteiger partial charge is 0.336 e. The van der Waals surface area contributed by atoms with Gasteiger partial charge in [0.2, 0.25) is 5.91 Å². The van der Waals surface area contributed by atoms with E-state index in [0.717, 1.165) is 50.9 Å². The van der Waals surface area contributed by atoms with Crippen LogP contribution in [-0.4, -0.2) is 39.9 Å². The zero-order valence-electron chi connectivity index (χ0n) is 17.4. The highest BCUT2D eigenvalue weighted by molar-refractivity contribution is 8.18. The standard InChI is InChI=1S/C24H24N2O3S/c1-15-10-16(2)20(17(3)11-15)12-21-23(28)26(24(29)30-21)14-22(27)25-9-8-18-6-4-5-7-19(18)13-25/h4-7,10-12H,8-9,13-14H2,1-3H3. The maximum atomic E-state index is 12.9. The number of carbonyl (C=O) groups is 3. The van der Waals surface area contributed by atoms with Crippen LogP contribution in [0.25, 0.3) is 6.08 Å². The maximum Gasteiger partial charge on any atom is 0.294 e. The Morgan fingerprint density at radius 2 is 1.73 bits per heavy atom. The molecule has 0 bridgehead atoms. The number of thioether (sulfide) groups is 1. The number of benzene rings is 2. The van der Waals surface area contributed by atoms with Crippen molar-refractivity contribution >= 4 is 34.9 Å². The van der Waals surface area contributed by atoms with E-state index in [4.69, 9.17) is 0 Å². The van der Waals surface area contributed by atoms with Crippen LogP contribution in [0, 0.1) is 20.8 Å². The Labute approximate surface area is 180 Å². The van der Waals surface area contributed by atoms with Gasteiger partial charge in [0, 0.05) is 13.1 Å². The summed E-state index contributed by atoms with van der Waals surface area (Å²) in [6.07, 6.45) is 2.56. The quantitative estimate of drug-likeness (QED) is 0.697. The Hall–Kier alpha value is -2.86. The highest BCUT2D eigenvalue weighted by atomic mass is 32.2. The first kappa shape index (κ1) is 20.4. The summed E-state index contributed by atoms with van der Waals surface area (Å²) < 4.78 is 0. The molecule has 6 heteroatoms. The summed E-state index contributed by atoms with van der Waals surface area (Å²) in [4.78, 5) is 41.3. The van der Waals surface area contributed by atoms with Crippen molar-refractivity contribution in [2.75, 3.05) is 13.1 Å². The SMILES string of the molecule is Cc1cc(C)c(C=C2SC(=O)N(CC(=O)N3CCc4ccccc4C3)C2=O)c(C)c1. The third-order valence-corrected chi connectivity index (χ3v) is 6.57. The summed E-state index contributed by atoms with van der Waals surface area (Å²) in [5, 5.41) is -0.389. The predicted octanol–water partition coefficient (Wildman–Crippen LogP) is 4.23. The molecule has 1 saturated heterocycles. The Morgan fingerprint density at radius 1 is 1.07 bits per heavy atom. The first-order valence-electron chi connectivity index (χ1n) is 10.0. The minimum Gasteiger partial charge on any atom is -0.336 e.